The van der Waals surface area contributed by atoms with E-state index in [0.29, 0.717) is 6.54 Å². The molecule has 0 saturated carbocycles. The van der Waals surface area contributed by atoms with E-state index in [-0.39, 0.29) is 5.91 Å². The monoisotopic (exact) mass is 248 g/mol. The summed E-state index contributed by atoms with van der Waals surface area (Å²) in [6, 6.07) is 6.29. The number of hydrogen-bond acceptors (Lipinski definition) is 3. The molecule has 1 aliphatic rings. The number of carbonyl (C=O) groups excluding carboxylic acids is 1. The highest BCUT2D eigenvalue weighted by molar-refractivity contribution is 5.79. The summed E-state index contributed by atoms with van der Waals surface area (Å²) in [4.78, 5) is 13.5. The predicted molar refractivity (Wildman–Crippen MR) is 71.6 cm³/mol. The fraction of sp³-hybridized carbons (Fsp3) is 0.500. The van der Waals surface area contributed by atoms with Crippen molar-refractivity contribution in [3.63, 3.8) is 0 Å². The average molecular weight is 248 g/mol. The number of nitrogens with zero attached hydrogens (tertiary/aromatic N) is 1. The molecular formula is C14H20N2O2. The molecule has 2 N–H and O–H groups in total. The zero-order chi connectivity index (χ0) is 13.1. The Morgan fingerprint density at radius 2 is 2.33 bits per heavy atom. The van der Waals surface area contributed by atoms with Gasteiger partial charge in [0.15, 0.2) is 0 Å². The Bertz CT molecular complexity index is 443. The number of nitrogens with one attached hydrogen (secondary N) is 1. The van der Waals surface area contributed by atoms with E-state index in [1.54, 1.807) is 0 Å². The third-order valence-electron chi connectivity index (χ3n) is 3.34. The van der Waals surface area contributed by atoms with Gasteiger partial charge in [0.05, 0.1) is 0 Å². The molecule has 18 heavy (non-hydrogen) atoms. The van der Waals surface area contributed by atoms with Crippen LogP contribution < -0.4 is 10.2 Å². The van der Waals surface area contributed by atoms with Gasteiger partial charge in [-0.15, -0.1) is 0 Å². The zero-order valence-corrected chi connectivity index (χ0v) is 10.9. The van der Waals surface area contributed by atoms with Crippen LogP contribution in [0.5, 0.6) is 0 Å². The maximum Gasteiger partial charge on any atom is 0.248 e. The summed E-state index contributed by atoms with van der Waals surface area (Å²) in [7, 11) is 2.10. The van der Waals surface area contributed by atoms with Gasteiger partial charge in [0.2, 0.25) is 5.91 Å². The highest BCUT2D eigenvalue weighted by Crippen LogP contribution is 2.26. The van der Waals surface area contributed by atoms with Crippen molar-refractivity contribution < 1.29 is 9.90 Å². The van der Waals surface area contributed by atoms with Gasteiger partial charge in [-0.2, -0.15) is 0 Å². The normalized spacial score (nSPS) is 16.1. The molecule has 1 unspecified atom stereocenters. The van der Waals surface area contributed by atoms with Crippen LogP contribution in [-0.4, -0.2) is 30.7 Å². The van der Waals surface area contributed by atoms with Crippen molar-refractivity contribution >= 4 is 11.6 Å². The molecule has 0 saturated heterocycles. The van der Waals surface area contributed by atoms with Crippen molar-refractivity contribution in [1.29, 1.82) is 0 Å². The summed E-state index contributed by atoms with van der Waals surface area (Å²) in [5.74, 6) is -0.329. The van der Waals surface area contributed by atoms with Gasteiger partial charge in [0, 0.05) is 25.8 Å². The van der Waals surface area contributed by atoms with E-state index in [4.69, 9.17) is 5.11 Å². The van der Waals surface area contributed by atoms with Crippen molar-refractivity contribution in [2.24, 2.45) is 0 Å². The second kappa shape index (κ2) is 5.40. The van der Waals surface area contributed by atoms with Crippen LogP contribution in [0, 0.1) is 0 Å². The van der Waals surface area contributed by atoms with E-state index in [9.17, 15) is 4.79 Å². The van der Waals surface area contributed by atoms with Gasteiger partial charge in [-0.25, -0.2) is 0 Å². The van der Waals surface area contributed by atoms with E-state index in [1.807, 2.05) is 6.07 Å². The molecule has 0 aromatic heterocycles. The number of hydrogen-bond donors (Lipinski definition) is 2. The van der Waals surface area contributed by atoms with Crippen LogP contribution in [0.25, 0.3) is 0 Å². The first-order chi connectivity index (χ1) is 8.58. The number of fused-ring (bicyclic) bond motifs is 1. The molecule has 0 radical (unpaired) electrons. The maximum absolute atomic E-state index is 11.3. The van der Waals surface area contributed by atoms with Crippen LogP contribution in [0.1, 0.15) is 24.5 Å². The predicted octanol–water partition coefficient (Wildman–Crippen LogP) is 1.07. The first kappa shape index (κ1) is 12.9. The average Bonchev–Trinajstić information content (AvgIpc) is 2.36. The van der Waals surface area contributed by atoms with E-state index in [2.05, 4.69) is 29.4 Å². The van der Waals surface area contributed by atoms with Crippen LogP contribution in [0.15, 0.2) is 18.2 Å². The molecule has 0 spiro atoms. The largest absolute Gasteiger partial charge is 0.384 e. The fourth-order valence-electron chi connectivity index (χ4n) is 2.29. The van der Waals surface area contributed by atoms with Gasteiger partial charge < -0.3 is 15.3 Å². The molecule has 4 nitrogen and oxygen atoms in total. The van der Waals surface area contributed by atoms with Crippen LogP contribution in [0.3, 0.4) is 0 Å². The summed E-state index contributed by atoms with van der Waals surface area (Å²) in [5, 5.41) is 11.8. The van der Waals surface area contributed by atoms with Gasteiger partial charge >= 0.3 is 0 Å². The number of aryl methyl sites for hydroxylation is 1. The summed E-state index contributed by atoms with van der Waals surface area (Å²) in [6.45, 7) is 3.04. The summed E-state index contributed by atoms with van der Waals surface area (Å²) in [6.07, 6.45) is 1.32. The van der Waals surface area contributed by atoms with Crippen LogP contribution >= 0.6 is 0 Å². The van der Waals surface area contributed by atoms with Crippen molar-refractivity contribution in [3.8, 4) is 0 Å². The molecule has 98 valence electrons. The van der Waals surface area contributed by atoms with Crippen LogP contribution in [0.4, 0.5) is 5.69 Å². The highest BCUT2D eigenvalue weighted by atomic mass is 16.3. The van der Waals surface area contributed by atoms with Gasteiger partial charge in [0.25, 0.3) is 0 Å². The van der Waals surface area contributed by atoms with Gasteiger partial charge in [-0.05, 0) is 37.0 Å². The number of rotatable bonds is 3. The number of anilines is 1. The molecule has 1 heterocycles. The van der Waals surface area contributed by atoms with Gasteiger partial charge in [-0.3, -0.25) is 4.79 Å². The standard InChI is InChI=1S/C14H20N2O2/c1-10(17)14(18)15-9-11-5-6-13-12(8-11)4-3-7-16(13)2/h5-6,8,10,17H,3-4,7,9H2,1-2H3,(H,15,18). The Kier molecular flexibility index (Phi) is 3.87. The fourth-order valence-corrected chi connectivity index (χ4v) is 2.29. The molecule has 0 fully saturated rings. The number of aliphatic hydroxyl groups excluding tert-OH is 1. The molecule has 0 aliphatic carbocycles. The minimum atomic E-state index is -0.950. The third kappa shape index (κ3) is 2.82. The molecule has 1 aromatic carbocycles. The first-order valence-electron chi connectivity index (χ1n) is 6.36. The Hall–Kier alpha value is -1.55. The molecule has 1 amide bonds. The van der Waals surface area contributed by atoms with Crippen molar-refractivity contribution in [2.45, 2.75) is 32.4 Å². The molecule has 4 heteroatoms. The minimum absolute atomic E-state index is 0.329. The van der Waals surface area contributed by atoms with E-state index in [0.717, 1.165) is 18.5 Å². The van der Waals surface area contributed by atoms with Crippen molar-refractivity contribution in [3.05, 3.63) is 29.3 Å². The Morgan fingerprint density at radius 3 is 3.06 bits per heavy atom. The van der Waals surface area contributed by atoms with Crippen molar-refractivity contribution in [1.82, 2.24) is 5.32 Å². The summed E-state index contributed by atoms with van der Waals surface area (Å²) in [5.41, 5.74) is 3.71. The lowest BCUT2D eigenvalue weighted by molar-refractivity contribution is -0.128. The zero-order valence-electron chi connectivity index (χ0n) is 10.9. The second-order valence-corrected chi connectivity index (χ2v) is 4.88. The topological polar surface area (TPSA) is 52.6 Å². The Balaban J connectivity index is 2.05. The smallest absolute Gasteiger partial charge is 0.248 e. The second-order valence-electron chi connectivity index (χ2n) is 4.88. The van der Waals surface area contributed by atoms with Crippen LogP contribution in [0.2, 0.25) is 0 Å². The number of amides is 1. The number of aliphatic hydroxyl groups is 1. The molecular weight excluding hydrogens is 228 g/mol. The summed E-state index contributed by atoms with van der Waals surface area (Å²) < 4.78 is 0. The lowest BCUT2D eigenvalue weighted by Gasteiger charge is -2.27. The van der Waals surface area contributed by atoms with Gasteiger partial charge in [0.1, 0.15) is 6.10 Å². The first-order valence-corrected chi connectivity index (χ1v) is 6.36. The molecule has 0 bridgehead atoms. The minimum Gasteiger partial charge on any atom is -0.384 e. The lowest BCUT2D eigenvalue weighted by Crippen LogP contribution is -2.32. The van der Waals surface area contributed by atoms with Crippen molar-refractivity contribution in [2.75, 3.05) is 18.5 Å². The third-order valence-corrected chi connectivity index (χ3v) is 3.34. The van der Waals surface area contributed by atoms with Crippen LogP contribution in [-0.2, 0) is 17.8 Å². The summed E-state index contributed by atoms with van der Waals surface area (Å²) >= 11 is 0. The maximum atomic E-state index is 11.3. The SMILES string of the molecule is CC(O)C(=O)NCc1ccc2c(c1)CCCN2C. The molecule has 1 atom stereocenters. The lowest BCUT2D eigenvalue weighted by atomic mass is 9.99. The highest BCUT2D eigenvalue weighted by Gasteiger charge is 2.14. The molecule has 1 aromatic rings. The molecule has 2 rings (SSSR count). The van der Waals surface area contributed by atoms with Gasteiger partial charge in [-0.1, -0.05) is 12.1 Å². The Labute approximate surface area is 108 Å². The van der Waals surface area contributed by atoms with E-state index in [1.165, 1.54) is 24.6 Å². The Morgan fingerprint density at radius 1 is 1.56 bits per heavy atom. The van der Waals surface area contributed by atoms with E-state index >= 15 is 0 Å². The van der Waals surface area contributed by atoms with E-state index < -0.39 is 6.10 Å². The number of carbonyl (C=O) groups is 1. The quantitative estimate of drug-likeness (QED) is 0.841. The number of benzene rings is 1. The molecule has 1 aliphatic heterocycles.